The average Bonchev–Trinajstić information content (AvgIpc) is 2.75. The van der Waals surface area contributed by atoms with Gasteiger partial charge in [0.15, 0.2) is 0 Å². The highest BCUT2D eigenvalue weighted by atomic mass is 16.6. The van der Waals surface area contributed by atoms with Crippen molar-refractivity contribution in [1.29, 1.82) is 0 Å². The third-order valence-electron chi connectivity index (χ3n) is 2.94. The number of hydrogen-bond acceptors (Lipinski definition) is 4. The summed E-state index contributed by atoms with van der Waals surface area (Å²) in [6, 6.07) is 1.80. The minimum atomic E-state index is -0.358. The van der Waals surface area contributed by atoms with Crippen LogP contribution in [0.2, 0.25) is 0 Å². The maximum Gasteiger partial charge on any atom is 0.355 e. The number of carbonyl (C=O) groups excluding carboxylic acids is 1. The molecule has 0 amide bonds. The molecule has 114 valence electrons. The fraction of sp³-hybridized carbons (Fsp3) is 0.667. The van der Waals surface area contributed by atoms with Crippen molar-refractivity contribution in [1.82, 2.24) is 4.57 Å². The molecule has 1 rings (SSSR count). The van der Waals surface area contributed by atoms with Crippen LogP contribution in [0.5, 0.6) is 0 Å². The van der Waals surface area contributed by atoms with Crippen molar-refractivity contribution in [3.8, 4) is 0 Å². The predicted molar refractivity (Wildman–Crippen MR) is 79.8 cm³/mol. The molecule has 1 aromatic heterocycles. The van der Waals surface area contributed by atoms with Crippen molar-refractivity contribution in [3.63, 3.8) is 0 Å². The first-order valence-corrected chi connectivity index (χ1v) is 7.14. The predicted octanol–water partition coefficient (Wildman–Crippen LogP) is 2.87. The quantitative estimate of drug-likeness (QED) is 0.588. The van der Waals surface area contributed by atoms with Crippen molar-refractivity contribution in [2.75, 3.05) is 25.6 Å². The summed E-state index contributed by atoms with van der Waals surface area (Å²) in [5.74, 6) is 0.262. The van der Waals surface area contributed by atoms with Crippen LogP contribution < -0.4 is 5.73 Å². The van der Waals surface area contributed by atoms with Gasteiger partial charge in [0.05, 0.1) is 12.3 Å². The van der Waals surface area contributed by atoms with Crippen molar-refractivity contribution in [2.45, 2.75) is 40.2 Å². The van der Waals surface area contributed by atoms with Gasteiger partial charge in [-0.3, -0.25) is 0 Å². The van der Waals surface area contributed by atoms with Crippen LogP contribution in [0, 0.1) is 5.92 Å². The van der Waals surface area contributed by atoms with E-state index in [9.17, 15) is 4.79 Å². The van der Waals surface area contributed by atoms with E-state index in [0.29, 0.717) is 30.5 Å². The number of rotatable bonds is 8. The number of anilines is 1. The first kappa shape index (κ1) is 16.6. The third kappa shape index (κ3) is 5.25. The molecule has 0 saturated carbocycles. The Morgan fingerprint density at radius 3 is 2.55 bits per heavy atom. The summed E-state index contributed by atoms with van der Waals surface area (Å²) < 4.78 is 12.4. The average molecular weight is 282 g/mol. The van der Waals surface area contributed by atoms with E-state index in [4.69, 9.17) is 15.2 Å². The first-order valence-electron chi connectivity index (χ1n) is 7.14. The Labute approximate surface area is 121 Å². The molecule has 0 aliphatic carbocycles. The molecule has 0 radical (unpaired) electrons. The van der Waals surface area contributed by atoms with Crippen molar-refractivity contribution in [3.05, 3.63) is 18.0 Å². The summed E-state index contributed by atoms with van der Waals surface area (Å²) >= 11 is 0. The van der Waals surface area contributed by atoms with Gasteiger partial charge in [-0.25, -0.2) is 4.79 Å². The number of nitrogens with two attached hydrogens (primary N) is 1. The summed E-state index contributed by atoms with van der Waals surface area (Å²) in [4.78, 5) is 12.0. The molecule has 1 aromatic rings. The Balaban J connectivity index is 2.36. The van der Waals surface area contributed by atoms with Crippen LogP contribution in [0.25, 0.3) is 0 Å². The summed E-state index contributed by atoms with van der Waals surface area (Å²) in [5, 5.41) is 0. The van der Waals surface area contributed by atoms with Gasteiger partial charge in [-0.15, -0.1) is 0 Å². The van der Waals surface area contributed by atoms with Crippen LogP contribution in [0.4, 0.5) is 5.69 Å². The molecule has 2 N–H and O–H groups in total. The van der Waals surface area contributed by atoms with Crippen LogP contribution in [0.15, 0.2) is 12.3 Å². The Kier molecular flexibility index (Phi) is 6.58. The topological polar surface area (TPSA) is 66.5 Å². The zero-order chi connectivity index (χ0) is 15.1. The molecule has 0 aliphatic heterocycles. The molecule has 0 spiro atoms. The Morgan fingerprint density at radius 1 is 1.25 bits per heavy atom. The minimum Gasteiger partial charge on any atom is -0.459 e. The summed E-state index contributed by atoms with van der Waals surface area (Å²) in [5.41, 5.74) is 6.78. The molecular weight excluding hydrogens is 256 g/mol. The molecule has 0 unspecified atom stereocenters. The highest BCUT2D eigenvalue weighted by Crippen LogP contribution is 2.17. The van der Waals surface area contributed by atoms with Gasteiger partial charge >= 0.3 is 5.97 Å². The second-order valence-electron chi connectivity index (χ2n) is 5.59. The second-order valence-corrected chi connectivity index (χ2v) is 5.59. The molecule has 0 bridgehead atoms. The molecule has 0 aromatic carbocycles. The van der Waals surface area contributed by atoms with E-state index in [2.05, 4.69) is 13.8 Å². The van der Waals surface area contributed by atoms with Gasteiger partial charge in [0, 0.05) is 18.8 Å². The normalized spacial score (nSPS) is 11.3. The van der Waals surface area contributed by atoms with Gasteiger partial charge in [0.2, 0.25) is 0 Å². The van der Waals surface area contributed by atoms with Crippen LogP contribution in [0.1, 0.15) is 50.6 Å². The van der Waals surface area contributed by atoms with E-state index in [1.807, 2.05) is 18.4 Å². The zero-order valence-corrected chi connectivity index (χ0v) is 12.9. The fourth-order valence-electron chi connectivity index (χ4n) is 1.78. The number of carbonyl (C=O) groups is 1. The third-order valence-corrected chi connectivity index (χ3v) is 2.94. The first-order chi connectivity index (χ1) is 9.41. The number of nitrogen functional groups attached to an aromatic ring is 1. The van der Waals surface area contributed by atoms with Crippen molar-refractivity contribution < 1.29 is 14.3 Å². The highest BCUT2D eigenvalue weighted by Gasteiger charge is 2.15. The monoisotopic (exact) mass is 282 g/mol. The lowest BCUT2D eigenvalue weighted by Crippen LogP contribution is -2.16. The van der Waals surface area contributed by atoms with Crippen molar-refractivity contribution in [2.24, 2.45) is 5.92 Å². The standard InChI is InChI=1S/C15H26N2O3/c1-11(2)5-6-19-7-8-20-15(18)14-9-13(16)10-17(14)12(3)4/h9-12H,5-8,16H2,1-4H3. The SMILES string of the molecule is CC(C)CCOCCOC(=O)c1cc(N)cn1C(C)C. The molecule has 0 saturated heterocycles. The van der Waals surface area contributed by atoms with Gasteiger partial charge < -0.3 is 19.8 Å². The van der Waals surface area contributed by atoms with Gasteiger partial charge in [-0.1, -0.05) is 13.8 Å². The van der Waals surface area contributed by atoms with E-state index >= 15 is 0 Å². The Hall–Kier alpha value is -1.49. The van der Waals surface area contributed by atoms with Crippen LogP contribution in [0.3, 0.4) is 0 Å². The highest BCUT2D eigenvalue weighted by molar-refractivity contribution is 5.89. The number of esters is 1. The van der Waals surface area contributed by atoms with E-state index in [0.717, 1.165) is 6.42 Å². The zero-order valence-electron chi connectivity index (χ0n) is 12.9. The van der Waals surface area contributed by atoms with Crippen LogP contribution >= 0.6 is 0 Å². The lowest BCUT2D eigenvalue weighted by Gasteiger charge is -2.12. The molecule has 0 aliphatic rings. The molecule has 0 atom stereocenters. The number of nitrogens with zero attached hydrogens (tertiary/aromatic N) is 1. The van der Waals surface area contributed by atoms with E-state index in [1.54, 1.807) is 12.3 Å². The van der Waals surface area contributed by atoms with E-state index in [1.165, 1.54) is 0 Å². The number of ether oxygens (including phenoxy) is 2. The molecule has 5 nitrogen and oxygen atoms in total. The minimum absolute atomic E-state index is 0.164. The summed E-state index contributed by atoms with van der Waals surface area (Å²) in [6.45, 7) is 9.67. The molecular formula is C15H26N2O3. The molecule has 0 fully saturated rings. The van der Waals surface area contributed by atoms with Gasteiger partial charge in [0.25, 0.3) is 0 Å². The maximum absolute atomic E-state index is 12.0. The van der Waals surface area contributed by atoms with Crippen LogP contribution in [-0.2, 0) is 9.47 Å². The lowest BCUT2D eigenvalue weighted by molar-refractivity contribution is 0.0292. The number of hydrogen-bond donors (Lipinski definition) is 1. The molecule has 1 heterocycles. The smallest absolute Gasteiger partial charge is 0.355 e. The lowest BCUT2D eigenvalue weighted by atomic mass is 10.1. The summed E-state index contributed by atoms with van der Waals surface area (Å²) in [6.07, 6.45) is 2.76. The van der Waals surface area contributed by atoms with E-state index in [-0.39, 0.29) is 18.6 Å². The largest absolute Gasteiger partial charge is 0.459 e. The number of aromatic nitrogens is 1. The summed E-state index contributed by atoms with van der Waals surface area (Å²) in [7, 11) is 0. The molecule has 20 heavy (non-hydrogen) atoms. The van der Waals surface area contributed by atoms with Gasteiger partial charge in [0.1, 0.15) is 12.3 Å². The maximum atomic E-state index is 12.0. The van der Waals surface area contributed by atoms with Gasteiger partial charge in [-0.05, 0) is 32.3 Å². The molecule has 5 heteroatoms. The second kappa shape index (κ2) is 7.94. The van der Waals surface area contributed by atoms with Crippen LogP contribution in [-0.4, -0.2) is 30.4 Å². The van der Waals surface area contributed by atoms with E-state index < -0.39 is 0 Å². The Morgan fingerprint density at radius 2 is 1.95 bits per heavy atom. The fourth-order valence-corrected chi connectivity index (χ4v) is 1.78. The Bertz CT molecular complexity index is 425. The van der Waals surface area contributed by atoms with Crippen molar-refractivity contribution >= 4 is 11.7 Å². The van der Waals surface area contributed by atoms with Gasteiger partial charge in [-0.2, -0.15) is 0 Å².